The lowest BCUT2D eigenvalue weighted by molar-refractivity contribution is 0.787. The average molecular weight is 249 g/mol. The minimum Gasteiger partial charge on any atom is -0.318 e. The van der Waals surface area contributed by atoms with Gasteiger partial charge in [0.05, 0.1) is 6.04 Å². The van der Waals surface area contributed by atoms with E-state index in [0.29, 0.717) is 16.8 Å². The molecule has 1 fully saturated rings. The number of nitrogens with zero attached hydrogens (tertiary/aromatic N) is 2. The highest BCUT2D eigenvalue weighted by atomic mass is 35.5. The lowest BCUT2D eigenvalue weighted by atomic mass is 10.1. The van der Waals surface area contributed by atoms with Crippen molar-refractivity contribution in [3.63, 3.8) is 0 Å². The van der Waals surface area contributed by atoms with E-state index in [1.54, 1.807) is 0 Å². The molecule has 0 unspecified atom stereocenters. The predicted octanol–water partition coefficient (Wildman–Crippen LogP) is 2.38. The number of aromatic amines is 1. The molecule has 1 heterocycles. The lowest BCUT2D eigenvalue weighted by Crippen LogP contribution is -2.14. The zero-order valence-electron chi connectivity index (χ0n) is 9.23. The molecule has 3 rings (SSSR count). The summed E-state index contributed by atoms with van der Waals surface area (Å²) in [4.78, 5) is 4.44. The van der Waals surface area contributed by atoms with E-state index in [1.165, 1.54) is 12.8 Å². The minimum atomic E-state index is -0.368. The molecule has 0 radical (unpaired) electrons. The predicted molar refractivity (Wildman–Crippen MR) is 65.8 cm³/mol. The van der Waals surface area contributed by atoms with Gasteiger partial charge in [0.25, 0.3) is 0 Å². The fourth-order valence-corrected chi connectivity index (χ4v) is 2.09. The largest absolute Gasteiger partial charge is 0.318 e. The van der Waals surface area contributed by atoms with E-state index in [9.17, 15) is 0 Å². The molecule has 1 aliphatic carbocycles. The van der Waals surface area contributed by atoms with Gasteiger partial charge < -0.3 is 5.73 Å². The average Bonchev–Trinajstić information content (AvgIpc) is 3.07. The molecule has 0 amide bonds. The van der Waals surface area contributed by atoms with Crippen molar-refractivity contribution >= 4 is 11.6 Å². The van der Waals surface area contributed by atoms with Crippen LogP contribution in [0.15, 0.2) is 24.3 Å². The first kappa shape index (κ1) is 10.7. The number of H-pyrrole nitrogens is 1. The summed E-state index contributed by atoms with van der Waals surface area (Å²) in [5, 5.41) is 7.78. The molecule has 1 atom stereocenters. The quantitative estimate of drug-likeness (QED) is 0.876. The summed E-state index contributed by atoms with van der Waals surface area (Å²) in [5.74, 6) is 2.11. The van der Waals surface area contributed by atoms with Crippen LogP contribution in [0, 0.1) is 0 Å². The van der Waals surface area contributed by atoms with Gasteiger partial charge in [-0.3, -0.25) is 5.10 Å². The zero-order chi connectivity index (χ0) is 11.8. The van der Waals surface area contributed by atoms with E-state index < -0.39 is 0 Å². The first-order chi connectivity index (χ1) is 8.25. The van der Waals surface area contributed by atoms with Crippen LogP contribution in [0.1, 0.15) is 42.0 Å². The monoisotopic (exact) mass is 248 g/mol. The summed E-state index contributed by atoms with van der Waals surface area (Å²) in [6, 6.07) is 7.15. The van der Waals surface area contributed by atoms with Crippen LogP contribution in [0.25, 0.3) is 0 Å². The van der Waals surface area contributed by atoms with Gasteiger partial charge in [0, 0.05) is 10.9 Å². The van der Waals surface area contributed by atoms with Gasteiger partial charge in [-0.05, 0) is 24.5 Å². The minimum absolute atomic E-state index is 0.368. The smallest absolute Gasteiger partial charge is 0.171 e. The van der Waals surface area contributed by atoms with Gasteiger partial charge in [0.15, 0.2) is 5.82 Å². The van der Waals surface area contributed by atoms with Crippen molar-refractivity contribution < 1.29 is 0 Å². The van der Waals surface area contributed by atoms with Gasteiger partial charge in [0.1, 0.15) is 5.82 Å². The molecule has 0 spiro atoms. The van der Waals surface area contributed by atoms with Gasteiger partial charge in [0.2, 0.25) is 0 Å². The topological polar surface area (TPSA) is 67.6 Å². The van der Waals surface area contributed by atoms with Gasteiger partial charge in [-0.1, -0.05) is 29.8 Å². The van der Waals surface area contributed by atoms with Gasteiger partial charge >= 0.3 is 0 Å². The molecular formula is C12H13ClN4. The fraction of sp³-hybridized carbons (Fsp3) is 0.333. The third-order valence-corrected chi connectivity index (χ3v) is 3.35. The van der Waals surface area contributed by atoms with Crippen molar-refractivity contribution in [2.75, 3.05) is 0 Å². The van der Waals surface area contributed by atoms with Crippen LogP contribution in [0.3, 0.4) is 0 Å². The van der Waals surface area contributed by atoms with Crippen LogP contribution in [0.5, 0.6) is 0 Å². The second kappa shape index (κ2) is 4.13. The summed E-state index contributed by atoms with van der Waals surface area (Å²) in [6.45, 7) is 0. The molecule has 4 nitrogen and oxygen atoms in total. The molecule has 1 aliphatic rings. The van der Waals surface area contributed by atoms with Crippen molar-refractivity contribution in [3.05, 3.63) is 46.5 Å². The van der Waals surface area contributed by atoms with Crippen LogP contribution in [-0.4, -0.2) is 15.2 Å². The number of benzene rings is 1. The fourth-order valence-electron chi connectivity index (χ4n) is 1.83. The number of hydrogen-bond acceptors (Lipinski definition) is 3. The summed E-state index contributed by atoms with van der Waals surface area (Å²) in [6.07, 6.45) is 2.38. The molecule has 2 aromatic rings. The molecule has 0 aliphatic heterocycles. The van der Waals surface area contributed by atoms with E-state index in [2.05, 4.69) is 15.2 Å². The second-order valence-electron chi connectivity index (χ2n) is 4.35. The summed E-state index contributed by atoms with van der Waals surface area (Å²) >= 11 is 6.10. The van der Waals surface area contributed by atoms with Gasteiger partial charge in [-0.2, -0.15) is 5.10 Å². The van der Waals surface area contributed by atoms with Crippen molar-refractivity contribution in [1.82, 2.24) is 15.2 Å². The van der Waals surface area contributed by atoms with E-state index in [-0.39, 0.29) is 6.04 Å². The molecule has 17 heavy (non-hydrogen) atoms. The highest BCUT2D eigenvalue weighted by Crippen LogP contribution is 2.38. The van der Waals surface area contributed by atoms with Crippen molar-refractivity contribution in [1.29, 1.82) is 0 Å². The summed E-state index contributed by atoms with van der Waals surface area (Å²) in [5.41, 5.74) is 6.98. The molecule has 88 valence electrons. The third kappa shape index (κ3) is 2.06. The summed E-state index contributed by atoms with van der Waals surface area (Å²) < 4.78 is 0. The number of nitrogens with two attached hydrogens (primary N) is 1. The van der Waals surface area contributed by atoms with Gasteiger partial charge in [-0.15, -0.1) is 0 Å². The molecule has 5 heteroatoms. The first-order valence-corrected chi connectivity index (χ1v) is 6.05. The third-order valence-electron chi connectivity index (χ3n) is 3.00. The Morgan fingerprint density at radius 3 is 2.82 bits per heavy atom. The SMILES string of the molecule is N[C@@H](c1n[nH]c(C2CC2)n1)c1ccccc1Cl. The maximum absolute atomic E-state index is 6.12. The number of halogens is 1. The van der Waals surface area contributed by atoms with Crippen molar-refractivity contribution in [2.24, 2.45) is 5.73 Å². The lowest BCUT2D eigenvalue weighted by Gasteiger charge is -2.09. The van der Waals surface area contributed by atoms with Crippen LogP contribution in [-0.2, 0) is 0 Å². The Kier molecular flexibility index (Phi) is 2.61. The molecule has 0 saturated heterocycles. The number of hydrogen-bond donors (Lipinski definition) is 2. The van der Waals surface area contributed by atoms with E-state index in [4.69, 9.17) is 17.3 Å². The highest BCUT2D eigenvalue weighted by Gasteiger charge is 2.28. The Hall–Kier alpha value is -1.39. The Balaban J connectivity index is 1.89. The molecular weight excluding hydrogens is 236 g/mol. The maximum Gasteiger partial charge on any atom is 0.171 e. The molecule has 3 N–H and O–H groups in total. The first-order valence-electron chi connectivity index (χ1n) is 5.68. The van der Waals surface area contributed by atoms with Crippen LogP contribution in [0.4, 0.5) is 0 Å². The molecule has 0 bridgehead atoms. The number of rotatable bonds is 3. The van der Waals surface area contributed by atoms with Gasteiger partial charge in [-0.25, -0.2) is 4.98 Å². The zero-order valence-corrected chi connectivity index (χ0v) is 9.98. The number of nitrogens with one attached hydrogen (secondary N) is 1. The maximum atomic E-state index is 6.12. The van der Waals surface area contributed by atoms with Crippen LogP contribution < -0.4 is 5.73 Å². The Morgan fingerprint density at radius 1 is 1.35 bits per heavy atom. The van der Waals surface area contributed by atoms with E-state index >= 15 is 0 Å². The Morgan fingerprint density at radius 2 is 2.12 bits per heavy atom. The van der Waals surface area contributed by atoms with Crippen molar-refractivity contribution in [2.45, 2.75) is 24.8 Å². The second-order valence-corrected chi connectivity index (χ2v) is 4.76. The van der Waals surface area contributed by atoms with Crippen LogP contribution >= 0.6 is 11.6 Å². The highest BCUT2D eigenvalue weighted by molar-refractivity contribution is 6.31. The molecule has 1 aromatic heterocycles. The normalized spacial score (nSPS) is 17.1. The molecule has 1 aromatic carbocycles. The molecule has 1 saturated carbocycles. The summed E-state index contributed by atoms with van der Waals surface area (Å²) in [7, 11) is 0. The standard InChI is InChI=1S/C12H13ClN4/c13-9-4-2-1-3-8(9)10(14)12-15-11(16-17-12)7-5-6-7/h1-4,7,10H,5-6,14H2,(H,15,16,17)/t10-/m1/s1. The number of aromatic nitrogens is 3. The van der Waals surface area contributed by atoms with E-state index in [0.717, 1.165) is 11.4 Å². The van der Waals surface area contributed by atoms with Crippen LogP contribution in [0.2, 0.25) is 5.02 Å². The Labute approximate surface area is 104 Å². The van der Waals surface area contributed by atoms with E-state index in [1.807, 2.05) is 24.3 Å². The van der Waals surface area contributed by atoms with Crippen molar-refractivity contribution in [3.8, 4) is 0 Å². The Bertz CT molecular complexity index is 533.